The molecule has 6 nitrogen and oxygen atoms in total. The Morgan fingerprint density at radius 2 is 2.35 bits per heavy atom. The van der Waals surface area contributed by atoms with E-state index in [0.29, 0.717) is 5.75 Å². The van der Waals surface area contributed by atoms with Crippen LogP contribution in [0.4, 0.5) is 0 Å². The first kappa shape index (κ1) is 12.0. The molecule has 0 radical (unpaired) electrons. The molecule has 2 heterocycles. The van der Waals surface area contributed by atoms with E-state index in [1.54, 1.807) is 19.5 Å². The maximum absolute atomic E-state index is 6.18. The summed E-state index contributed by atoms with van der Waals surface area (Å²) in [7, 11) is 1.61. The number of nitrogens with zero attached hydrogens (tertiary/aromatic N) is 4. The lowest BCUT2D eigenvalue weighted by Crippen LogP contribution is -2.18. The number of hydrogen-bond acceptors (Lipinski definition) is 6. The summed E-state index contributed by atoms with van der Waals surface area (Å²) in [4.78, 5) is 0. The maximum atomic E-state index is 6.18. The van der Waals surface area contributed by atoms with Crippen LogP contribution in [0, 0.1) is 0 Å². The number of ether oxygens (including phenoxy) is 1. The molecule has 7 heteroatoms. The van der Waals surface area contributed by atoms with Crippen LogP contribution in [0.1, 0.15) is 30.8 Å². The average molecular weight is 253 g/mol. The lowest BCUT2D eigenvalue weighted by molar-refractivity contribution is 0.403. The van der Waals surface area contributed by atoms with Crippen LogP contribution >= 0.6 is 11.7 Å². The Morgan fingerprint density at radius 1 is 1.53 bits per heavy atom. The standard InChI is InChI=1S/C10H15N5OS/c1-3-4-15-10(8(16-2)6-12-15)9(11)7-5-13-17-14-7/h5-6,9H,3-4,11H2,1-2H3. The summed E-state index contributed by atoms with van der Waals surface area (Å²) in [6.07, 6.45) is 4.35. The highest BCUT2D eigenvalue weighted by Crippen LogP contribution is 2.27. The van der Waals surface area contributed by atoms with Crippen LogP contribution in [-0.4, -0.2) is 25.6 Å². The third kappa shape index (κ3) is 2.29. The summed E-state index contributed by atoms with van der Waals surface area (Å²) in [5.41, 5.74) is 7.77. The molecule has 2 N–H and O–H groups in total. The highest BCUT2D eigenvalue weighted by atomic mass is 32.1. The summed E-state index contributed by atoms with van der Waals surface area (Å²) < 4.78 is 15.3. The number of nitrogens with two attached hydrogens (primary N) is 1. The van der Waals surface area contributed by atoms with Crippen molar-refractivity contribution in [3.8, 4) is 5.75 Å². The fourth-order valence-corrected chi connectivity index (χ4v) is 2.15. The summed E-state index contributed by atoms with van der Waals surface area (Å²) >= 11 is 1.15. The van der Waals surface area contributed by atoms with Crippen LogP contribution in [0.5, 0.6) is 5.75 Å². The molecule has 0 spiro atoms. The van der Waals surface area contributed by atoms with E-state index in [4.69, 9.17) is 10.5 Å². The number of methoxy groups -OCH3 is 1. The zero-order valence-electron chi connectivity index (χ0n) is 9.83. The quantitative estimate of drug-likeness (QED) is 0.866. The highest BCUT2D eigenvalue weighted by molar-refractivity contribution is 6.99. The summed E-state index contributed by atoms with van der Waals surface area (Å²) in [5.74, 6) is 0.693. The van der Waals surface area contributed by atoms with Gasteiger partial charge in [0.2, 0.25) is 0 Å². The third-order valence-electron chi connectivity index (χ3n) is 2.49. The van der Waals surface area contributed by atoms with Gasteiger partial charge in [-0.1, -0.05) is 6.92 Å². The summed E-state index contributed by atoms with van der Waals surface area (Å²) in [5, 5.41) is 4.27. The van der Waals surface area contributed by atoms with Gasteiger partial charge in [-0.2, -0.15) is 13.8 Å². The van der Waals surface area contributed by atoms with E-state index in [-0.39, 0.29) is 6.04 Å². The van der Waals surface area contributed by atoms with Gasteiger partial charge >= 0.3 is 0 Å². The van der Waals surface area contributed by atoms with Crippen molar-refractivity contribution in [3.05, 3.63) is 23.8 Å². The fraction of sp³-hybridized carbons (Fsp3) is 0.500. The molecule has 0 aliphatic rings. The first-order valence-corrected chi connectivity index (χ1v) is 6.13. The van der Waals surface area contributed by atoms with E-state index in [1.807, 2.05) is 4.68 Å². The molecule has 0 fully saturated rings. The minimum atomic E-state index is -0.349. The van der Waals surface area contributed by atoms with Crippen molar-refractivity contribution in [1.29, 1.82) is 0 Å². The molecule has 0 saturated heterocycles. The molecule has 0 aliphatic carbocycles. The van der Waals surface area contributed by atoms with Crippen LogP contribution in [0.3, 0.4) is 0 Å². The second kappa shape index (κ2) is 5.24. The van der Waals surface area contributed by atoms with E-state index < -0.39 is 0 Å². The van der Waals surface area contributed by atoms with E-state index in [1.165, 1.54) is 0 Å². The molecule has 0 amide bonds. The van der Waals surface area contributed by atoms with Gasteiger partial charge in [0.25, 0.3) is 0 Å². The molecule has 0 aromatic carbocycles. The SMILES string of the molecule is CCCn1ncc(OC)c1C(N)c1cnsn1. The predicted octanol–water partition coefficient (Wildman–Crippen LogP) is 1.20. The van der Waals surface area contributed by atoms with E-state index in [2.05, 4.69) is 20.8 Å². The largest absolute Gasteiger partial charge is 0.493 e. The molecule has 2 aromatic rings. The fourth-order valence-electron chi connectivity index (χ4n) is 1.69. The normalized spacial score (nSPS) is 12.6. The Labute approximate surface area is 104 Å². The lowest BCUT2D eigenvalue weighted by atomic mass is 10.1. The van der Waals surface area contributed by atoms with Gasteiger partial charge in [0.05, 0.1) is 43.0 Å². The van der Waals surface area contributed by atoms with E-state index in [9.17, 15) is 0 Å². The van der Waals surface area contributed by atoms with Crippen molar-refractivity contribution in [2.24, 2.45) is 5.73 Å². The van der Waals surface area contributed by atoms with Gasteiger partial charge in [-0.3, -0.25) is 4.68 Å². The first-order valence-electron chi connectivity index (χ1n) is 5.40. The molecule has 0 bridgehead atoms. The maximum Gasteiger partial charge on any atom is 0.161 e. The minimum Gasteiger partial charge on any atom is -0.493 e. The van der Waals surface area contributed by atoms with Crippen LogP contribution in [0.15, 0.2) is 12.4 Å². The molecule has 0 aliphatic heterocycles. The third-order valence-corrected chi connectivity index (χ3v) is 2.98. The van der Waals surface area contributed by atoms with Gasteiger partial charge in [-0.25, -0.2) is 0 Å². The van der Waals surface area contributed by atoms with Crippen molar-refractivity contribution >= 4 is 11.7 Å². The molecule has 92 valence electrons. The predicted molar refractivity (Wildman–Crippen MR) is 65.0 cm³/mol. The number of aromatic nitrogens is 4. The Hall–Kier alpha value is -1.47. The molecular weight excluding hydrogens is 238 g/mol. The minimum absolute atomic E-state index is 0.349. The molecular formula is C10H15N5OS. The summed E-state index contributed by atoms with van der Waals surface area (Å²) in [6, 6.07) is -0.349. The lowest BCUT2D eigenvalue weighted by Gasteiger charge is -2.13. The second-order valence-corrected chi connectivity index (χ2v) is 4.19. The number of hydrogen-bond donors (Lipinski definition) is 1. The van der Waals surface area contributed by atoms with Crippen LogP contribution in [0.25, 0.3) is 0 Å². The first-order chi connectivity index (χ1) is 8.27. The van der Waals surface area contributed by atoms with Crippen molar-refractivity contribution in [2.45, 2.75) is 25.9 Å². The van der Waals surface area contributed by atoms with E-state index in [0.717, 1.165) is 36.1 Å². The van der Waals surface area contributed by atoms with Gasteiger partial charge in [-0.15, -0.1) is 0 Å². The van der Waals surface area contributed by atoms with Crippen molar-refractivity contribution in [3.63, 3.8) is 0 Å². The molecule has 17 heavy (non-hydrogen) atoms. The second-order valence-electron chi connectivity index (χ2n) is 3.63. The van der Waals surface area contributed by atoms with Gasteiger partial charge in [0.1, 0.15) is 5.69 Å². The monoisotopic (exact) mass is 253 g/mol. The number of rotatable bonds is 5. The van der Waals surface area contributed by atoms with Crippen LogP contribution in [0.2, 0.25) is 0 Å². The average Bonchev–Trinajstić information content (AvgIpc) is 2.97. The Balaban J connectivity index is 2.38. The Kier molecular flexibility index (Phi) is 3.70. The molecule has 1 atom stereocenters. The number of aryl methyl sites for hydroxylation is 1. The zero-order valence-corrected chi connectivity index (χ0v) is 10.6. The van der Waals surface area contributed by atoms with Crippen LogP contribution in [-0.2, 0) is 6.54 Å². The van der Waals surface area contributed by atoms with E-state index >= 15 is 0 Å². The van der Waals surface area contributed by atoms with Gasteiger partial charge < -0.3 is 10.5 Å². The van der Waals surface area contributed by atoms with Gasteiger partial charge in [-0.05, 0) is 6.42 Å². The smallest absolute Gasteiger partial charge is 0.161 e. The Bertz CT molecular complexity index is 467. The highest BCUT2D eigenvalue weighted by Gasteiger charge is 2.21. The van der Waals surface area contributed by atoms with Gasteiger partial charge in [0.15, 0.2) is 5.75 Å². The van der Waals surface area contributed by atoms with Crippen molar-refractivity contribution < 1.29 is 4.74 Å². The molecule has 1 unspecified atom stereocenters. The molecule has 0 saturated carbocycles. The molecule has 2 rings (SSSR count). The van der Waals surface area contributed by atoms with Crippen LogP contribution < -0.4 is 10.5 Å². The van der Waals surface area contributed by atoms with Crippen molar-refractivity contribution in [2.75, 3.05) is 7.11 Å². The van der Waals surface area contributed by atoms with Crippen molar-refractivity contribution in [1.82, 2.24) is 18.5 Å². The topological polar surface area (TPSA) is 78.9 Å². The Morgan fingerprint density at radius 3 is 2.94 bits per heavy atom. The zero-order chi connectivity index (χ0) is 12.3. The summed E-state index contributed by atoms with van der Waals surface area (Å²) in [6.45, 7) is 2.90. The van der Waals surface area contributed by atoms with Gasteiger partial charge in [0, 0.05) is 6.54 Å². The molecule has 2 aromatic heterocycles.